The molecule has 1 atom stereocenters. The van der Waals surface area contributed by atoms with E-state index in [0.717, 1.165) is 28.6 Å². The van der Waals surface area contributed by atoms with E-state index in [9.17, 15) is 10.1 Å². The second kappa shape index (κ2) is 7.22. The van der Waals surface area contributed by atoms with Crippen LogP contribution >= 0.6 is 11.3 Å². The molecule has 0 N–H and O–H groups in total. The van der Waals surface area contributed by atoms with Crippen molar-refractivity contribution < 1.29 is 4.79 Å². The summed E-state index contributed by atoms with van der Waals surface area (Å²) in [5, 5.41) is 11.6. The normalized spacial score (nSPS) is 16.3. The van der Waals surface area contributed by atoms with Crippen LogP contribution in [0.15, 0.2) is 48.1 Å². The molecule has 0 bridgehead atoms. The zero-order valence-corrected chi connectivity index (χ0v) is 15.0. The Morgan fingerprint density at radius 3 is 2.69 bits per heavy atom. The topological polar surface area (TPSA) is 69.9 Å². The van der Waals surface area contributed by atoms with E-state index in [1.165, 1.54) is 17.7 Å². The van der Waals surface area contributed by atoms with Gasteiger partial charge in [0.25, 0.3) is 5.91 Å². The molecule has 1 saturated heterocycles. The summed E-state index contributed by atoms with van der Waals surface area (Å²) in [6.45, 7) is 1.32. The summed E-state index contributed by atoms with van der Waals surface area (Å²) in [6, 6.07) is 14.3. The Kier molecular flexibility index (Phi) is 4.63. The quantitative estimate of drug-likeness (QED) is 0.709. The maximum atomic E-state index is 12.9. The number of carbonyl (C=O) groups is 1. The standard InChI is InChI=1S/C20H18N4OS/c21-12-16(14-4-2-1-3-5-14)15-6-9-24(10-7-15)20(25)18-19-17(8-11-26-19)22-13-23-18/h1-5,8,11,13,15-16H,6-7,9-10H2. The minimum atomic E-state index is -0.114. The predicted octanol–water partition coefficient (Wildman–Crippen LogP) is 3.85. The number of hydrogen-bond donors (Lipinski definition) is 0. The van der Waals surface area contributed by atoms with Crippen LogP contribution in [0.25, 0.3) is 10.2 Å². The van der Waals surface area contributed by atoms with Crippen molar-refractivity contribution in [2.24, 2.45) is 5.92 Å². The maximum absolute atomic E-state index is 12.9. The molecule has 4 rings (SSSR count). The molecule has 5 nitrogen and oxygen atoms in total. The molecule has 1 aliphatic rings. The lowest BCUT2D eigenvalue weighted by Crippen LogP contribution is -2.40. The molecule has 6 heteroatoms. The van der Waals surface area contributed by atoms with Crippen molar-refractivity contribution in [1.82, 2.24) is 14.9 Å². The zero-order chi connectivity index (χ0) is 17.9. The third-order valence-corrected chi connectivity index (χ3v) is 5.95. The molecule has 0 spiro atoms. The summed E-state index contributed by atoms with van der Waals surface area (Å²) < 4.78 is 0.846. The van der Waals surface area contributed by atoms with Gasteiger partial charge in [0, 0.05) is 13.1 Å². The molecule has 1 fully saturated rings. The summed E-state index contributed by atoms with van der Waals surface area (Å²) in [4.78, 5) is 23.2. The number of likely N-dealkylation sites (tertiary alicyclic amines) is 1. The van der Waals surface area contributed by atoms with Crippen LogP contribution in [0.4, 0.5) is 0 Å². The van der Waals surface area contributed by atoms with Gasteiger partial charge in [-0.25, -0.2) is 9.97 Å². The van der Waals surface area contributed by atoms with Gasteiger partial charge in [0.1, 0.15) is 12.0 Å². The van der Waals surface area contributed by atoms with Crippen LogP contribution in [0.1, 0.15) is 34.8 Å². The van der Waals surface area contributed by atoms with Gasteiger partial charge in [0.15, 0.2) is 0 Å². The van der Waals surface area contributed by atoms with E-state index in [2.05, 4.69) is 16.0 Å². The largest absolute Gasteiger partial charge is 0.337 e. The van der Waals surface area contributed by atoms with Crippen molar-refractivity contribution in [1.29, 1.82) is 5.26 Å². The van der Waals surface area contributed by atoms with Crippen molar-refractivity contribution in [2.45, 2.75) is 18.8 Å². The van der Waals surface area contributed by atoms with Crippen LogP contribution < -0.4 is 0 Å². The molecule has 1 aliphatic heterocycles. The van der Waals surface area contributed by atoms with Gasteiger partial charge in [-0.15, -0.1) is 11.3 Å². The van der Waals surface area contributed by atoms with Gasteiger partial charge in [-0.2, -0.15) is 5.26 Å². The monoisotopic (exact) mass is 362 g/mol. The highest BCUT2D eigenvalue weighted by molar-refractivity contribution is 7.17. The van der Waals surface area contributed by atoms with Crippen molar-refractivity contribution in [3.05, 3.63) is 59.4 Å². The van der Waals surface area contributed by atoms with Gasteiger partial charge in [0.05, 0.1) is 22.2 Å². The lowest BCUT2D eigenvalue weighted by Gasteiger charge is -2.34. The summed E-state index contributed by atoms with van der Waals surface area (Å²) >= 11 is 1.50. The first kappa shape index (κ1) is 16.7. The van der Waals surface area contributed by atoms with E-state index in [1.807, 2.05) is 46.7 Å². The average Bonchev–Trinajstić information content (AvgIpc) is 3.18. The molecule has 0 radical (unpaired) electrons. The van der Waals surface area contributed by atoms with Gasteiger partial charge in [-0.05, 0) is 35.8 Å². The number of hydrogen-bond acceptors (Lipinski definition) is 5. The molecule has 0 aliphatic carbocycles. The first-order valence-corrected chi connectivity index (χ1v) is 9.58. The Morgan fingerprint density at radius 1 is 1.19 bits per heavy atom. The molecule has 1 unspecified atom stereocenters. The molecule has 1 amide bonds. The Bertz CT molecular complexity index is 955. The van der Waals surface area contributed by atoms with Crippen molar-refractivity contribution >= 4 is 27.5 Å². The van der Waals surface area contributed by atoms with E-state index < -0.39 is 0 Å². The Labute approximate surface area is 155 Å². The van der Waals surface area contributed by atoms with Gasteiger partial charge < -0.3 is 4.90 Å². The Balaban J connectivity index is 1.47. The summed E-state index contributed by atoms with van der Waals surface area (Å²) in [5.74, 6) is 0.127. The molecule has 3 heterocycles. The fraction of sp³-hybridized carbons (Fsp3) is 0.300. The molecule has 1 aromatic carbocycles. The smallest absolute Gasteiger partial charge is 0.274 e. The molecule has 130 valence electrons. The number of piperidine rings is 1. The van der Waals surface area contributed by atoms with E-state index in [-0.39, 0.29) is 17.7 Å². The van der Waals surface area contributed by atoms with E-state index >= 15 is 0 Å². The number of nitrogens with zero attached hydrogens (tertiary/aromatic N) is 4. The minimum absolute atomic E-state index is 0.0356. The van der Waals surface area contributed by atoms with Crippen molar-refractivity contribution in [3.8, 4) is 6.07 Å². The van der Waals surface area contributed by atoms with Crippen LogP contribution in [0.5, 0.6) is 0 Å². The number of carbonyl (C=O) groups excluding carboxylic acids is 1. The number of fused-ring (bicyclic) bond motifs is 1. The fourth-order valence-corrected chi connectivity index (χ4v) is 4.47. The van der Waals surface area contributed by atoms with Crippen LogP contribution in [-0.4, -0.2) is 33.9 Å². The second-order valence-electron chi connectivity index (χ2n) is 6.50. The fourth-order valence-electron chi connectivity index (χ4n) is 3.64. The highest BCUT2D eigenvalue weighted by Crippen LogP contribution is 2.33. The SMILES string of the molecule is N#CC(c1ccccc1)C1CCN(C(=O)c2ncnc3ccsc23)CC1. The lowest BCUT2D eigenvalue weighted by molar-refractivity contribution is 0.0681. The summed E-state index contributed by atoms with van der Waals surface area (Å²) in [7, 11) is 0. The van der Waals surface area contributed by atoms with Crippen LogP contribution in [-0.2, 0) is 0 Å². The van der Waals surface area contributed by atoms with Gasteiger partial charge >= 0.3 is 0 Å². The Hall–Kier alpha value is -2.78. The molecular weight excluding hydrogens is 344 g/mol. The average molecular weight is 362 g/mol. The number of thiophene rings is 1. The third-order valence-electron chi connectivity index (χ3n) is 5.04. The zero-order valence-electron chi connectivity index (χ0n) is 14.2. The molecule has 0 saturated carbocycles. The molecule has 2 aromatic heterocycles. The van der Waals surface area contributed by atoms with Crippen LogP contribution in [0.3, 0.4) is 0 Å². The number of aromatic nitrogens is 2. The van der Waals surface area contributed by atoms with E-state index in [4.69, 9.17) is 0 Å². The first-order valence-electron chi connectivity index (χ1n) is 8.70. The number of rotatable bonds is 3. The lowest BCUT2D eigenvalue weighted by atomic mass is 9.81. The molecular formula is C20H18N4OS. The summed E-state index contributed by atoms with van der Waals surface area (Å²) in [6.07, 6.45) is 3.12. The van der Waals surface area contributed by atoms with Gasteiger partial charge in [-0.3, -0.25) is 4.79 Å². The second-order valence-corrected chi connectivity index (χ2v) is 7.42. The summed E-state index contributed by atoms with van der Waals surface area (Å²) in [5.41, 5.74) is 2.37. The van der Waals surface area contributed by atoms with Gasteiger partial charge in [-0.1, -0.05) is 30.3 Å². The van der Waals surface area contributed by atoms with Crippen LogP contribution in [0, 0.1) is 17.2 Å². The van der Waals surface area contributed by atoms with Crippen molar-refractivity contribution in [3.63, 3.8) is 0 Å². The molecule has 26 heavy (non-hydrogen) atoms. The molecule has 3 aromatic rings. The van der Waals surface area contributed by atoms with E-state index in [0.29, 0.717) is 18.8 Å². The number of benzene rings is 1. The Morgan fingerprint density at radius 2 is 1.96 bits per heavy atom. The van der Waals surface area contributed by atoms with E-state index in [1.54, 1.807) is 0 Å². The predicted molar refractivity (Wildman–Crippen MR) is 101 cm³/mol. The maximum Gasteiger partial charge on any atom is 0.274 e. The number of nitriles is 1. The number of amides is 1. The third kappa shape index (κ3) is 3.06. The van der Waals surface area contributed by atoms with Crippen molar-refractivity contribution in [2.75, 3.05) is 13.1 Å². The minimum Gasteiger partial charge on any atom is -0.337 e. The van der Waals surface area contributed by atoms with Gasteiger partial charge in [0.2, 0.25) is 0 Å². The highest BCUT2D eigenvalue weighted by atomic mass is 32.1. The van der Waals surface area contributed by atoms with Crippen LogP contribution in [0.2, 0.25) is 0 Å². The highest BCUT2D eigenvalue weighted by Gasteiger charge is 2.30. The first-order chi connectivity index (χ1) is 12.8.